The minimum absolute atomic E-state index is 0.00901. The van der Waals surface area contributed by atoms with Crippen molar-refractivity contribution >= 4 is 11.0 Å². The van der Waals surface area contributed by atoms with Gasteiger partial charge in [-0.15, -0.1) is 0 Å². The molecule has 0 bridgehead atoms. The Morgan fingerprint density at radius 2 is 1.62 bits per heavy atom. The molecule has 4 N–H and O–H groups in total. The lowest BCUT2D eigenvalue weighted by molar-refractivity contribution is -0.277. The molecule has 1 aromatic heterocycles. The summed E-state index contributed by atoms with van der Waals surface area (Å²) in [6, 6.07) is 11.0. The van der Waals surface area contributed by atoms with Gasteiger partial charge in [-0.3, -0.25) is 4.79 Å². The molecule has 3 aromatic rings. The van der Waals surface area contributed by atoms with Crippen LogP contribution in [0.25, 0.3) is 11.0 Å². The van der Waals surface area contributed by atoms with Crippen LogP contribution in [0.5, 0.6) is 23.0 Å². The summed E-state index contributed by atoms with van der Waals surface area (Å²) >= 11 is 0. The Morgan fingerprint density at radius 3 is 2.31 bits per heavy atom. The van der Waals surface area contributed by atoms with Crippen molar-refractivity contribution in [3.05, 3.63) is 59.0 Å². The lowest BCUT2D eigenvalue weighted by Crippen LogP contribution is -2.60. The number of fused-ring (bicyclic) bond motifs is 1. The van der Waals surface area contributed by atoms with Crippen LogP contribution in [0.2, 0.25) is 0 Å². The number of aliphatic hydroxyl groups is 4. The molecule has 5 atom stereocenters. The summed E-state index contributed by atoms with van der Waals surface area (Å²) in [6.07, 6.45) is -5.90. The Balaban J connectivity index is 1.54. The van der Waals surface area contributed by atoms with E-state index in [1.54, 1.807) is 31.4 Å². The molecule has 0 unspecified atom stereocenters. The molecule has 0 spiro atoms. The Morgan fingerprint density at radius 1 is 0.938 bits per heavy atom. The van der Waals surface area contributed by atoms with E-state index in [9.17, 15) is 25.2 Å². The van der Waals surface area contributed by atoms with Crippen LogP contribution >= 0.6 is 0 Å². The van der Waals surface area contributed by atoms with Crippen molar-refractivity contribution in [1.29, 1.82) is 0 Å². The van der Waals surface area contributed by atoms with Crippen LogP contribution in [0.4, 0.5) is 0 Å². The molecule has 1 saturated heterocycles. The number of hydrogen-bond donors (Lipinski definition) is 4. The number of aliphatic hydroxyl groups excluding tert-OH is 4. The first kappa shape index (κ1) is 22.1. The molecule has 1 aliphatic rings. The maximum Gasteiger partial charge on any atom is 0.235 e. The van der Waals surface area contributed by atoms with Crippen LogP contribution in [0.3, 0.4) is 0 Å². The van der Waals surface area contributed by atoms with Crippen LogP contribution in [-0.2, 0) is 4.74 Å². The average molecular weight is 446 g/mol. The summed E-state index contributed by atoms with van der Waals surface area (Å²) in [4.78, 5) is 12.8. The zero-order chi connectivity index (χ0) is 22.8. The molecule has 0 radical (unpaired) electrons. The van der Waals surface area contributed by atoms with Crippen molar-refractivity contribution in [1.82, 2.24) is 0 Å². The summed E-state index contributed by atoms with van der Waals surface area (Å²) in [7, 11) is 1.54. The Kier molecular flexibility index (Phi) is 6.31. The van der Waals surface area contributed by atoms with E-state index in [0.717, 1.165) is 0 Å². The second-order valence-electron chi connectivity index (χ2n) is 7.18. The van der Waals surface area contributed by atoms with Gasteiger partial charge in [0.1, 0.15) is 53.5 Å². The molecule has 2 heterocycles. The highest BCUT2D eigenvalue weighted by Gasteiger charge is 2.44. The van der Waals surface area contributed by atoms with E-state index in [2.05, 4.69) is 0 Å². The van der Waals surface area contributed by atoms with Crippen LogP contribution in [0.15, 0.2) is 57.9 Å². The molecule has 0 aliphatic carbocycles. The third-order valence-electron chi connectivity index (χ3n) is 5.10. The number of methoxy groups -OCH3 is 1. The summed E-state index contributed by atoms with van der Waals surface area (Å²) in [5, 5.41) is 39.4. The maximum atomic E-state index is 12.8. The van der Waals surface area contributed by atoms with Crippen molar-refractivity contribution in [2.24, 2.45) is 0 Å². The molecule has 10 nitrogen and oxygen atoms in total. The molecular weight excluding hydrogens is 424 g/mol. The smallest absolute Gasteiger partial charge is 0.235 e. The van der Waals surface area contributed by atoms with Crippen molar-refractivity contribution < 1.29 is 43.8 Å². The molecule has 170 valence electrons. The molecule has 1 fully saturated rings. The number of ether oxygens (including phenoxy) is 4. The van der Waals surface area contributed by atoms with Gasteiger partial charge in [0.15, 0.2) is 0 Å². The van der Waals surface area contributed by atoms with Crippen molar-refractivity contribution in [3.8, 4) is 23.0 Å². The Labute approximate surface area is 181 Å². The zero-order valence-corrected chi connectivity index (χ0v) is 17.0. The van der Waals surface area contributed by atoms with E-state index in [1.807, 2.05) is 0 Å². The number of rotatable bonds is 6. The van der Waals surface area contributed by atoms with Gasteiger partial charge < -0.3 is 43.8 Å². The lowest BCUT2D eigenvalue weighted by atomic mass is 9.99. The summed E-state index contributed by atoms with van der Waals surface area (Å²) in [6.45, 7) is -0.575. The largest absolute Gasteiger partial charge is 0.497 e. The second kappa shape index (κ2) is 9.15. The molecular formula is C22H22O10. The van der Waals surface area contributed by atoms with E-state index in [4.69, 9.17) is 23.4 Å². The van der Waals surface area contributed by atoms with Gasteiger partial charge in [-0.1, -0.05) is 0 Å². The minimum Gasteiger partial charge on any atom is -0.497 e. The van der Waals surface area contributed by atoms with Crippen LogP contribution in [0.1, 0.15) is 0 Å². The van der Waals surface area contributed by atoms with E-state index in [1.165, 1.54) is 24.5 Å². The second-order valence-corrected chi connectivity index (χ2v) is 7.18. The first-order valence-corrected chi connectivity index (χ1v) is 9.76. The van der Waals surface area contributed by atoms with Gasteiger partial charge >= 0.3 is 0 Å². The first-order valence-electron chi connectivity index (χ1n) is 9.76. The summed E-state index contributed by atoms with van der Waals surface area (Å²) < 4.78 is 27.1. The Bertz CT molecular complexity index is 1120. The Hall–Kier alpha value is -3.15. The van der Waals surface area contributed by atoms with E-state index < -0.39 is 42.7 Å². The van der Waals surface area contributed by atoms with Gasteiger partial charge in [-0.2, -0.15) is 0 Å². The minimum atomic E-state index is -1.57. The maximum absolute atomic E-state index is 12.8. The molecule has 0 amide bonds. The normalized spacial score (nSPS) is 25.5. The molecule has 1 aliphatic heterocycles. The third kappa shape index (κ3) is 4.27. The fourth-order valence-electron chi connectivity index (χ4n) is 3.30. The highest BCUT2D eigenvalue weighted by atomic mass is 16.7. The third-order valence-corrected chi connectivity index (χ3v) is 5.10. The highest BCUT2D eigenvalue weighted by Crippen LogP contribution is 2.28. The van der Waals surface area contributed by atoms with Gasteiger partial charge in [0.2, 0.25) is 17.5 Å². The molecule has 4 rings (SSSR count). The van der Waals surface area contributed by atoms with Gasteiger partial charge in [0.25, 0.3) is 0 Å². The molecule has 0 saturated carbocycles. The van der Waals surface area contributed by atoms with Gasteiger partial charge in [-0.05, 0) is 36.4 Å². The van der Waals surface area contributed by atoms with Gasteiger partial charge in [0, 0.05) is 6.07 Å². The summed E-state index contributed by atoms with van der Waals surface area (Å²) in [5.41, 5.74) is -0.208. The van der Waals surface area contributed by atoms with Crippen LogP contribution in [-0.4, -0.2) is 64.8 Å². The lowest BCUT2D eigenvalue weighted by Gasteiger charge is -2.39. The topological polar surface area (TPSA) is 148 Å². The first-order chi connectivity index (χ1) is 15.4. The molecule has 2 aromatic carbocycles. The monoisotopic (exact) mass is 446 g/mol. The van der Waals surface area contributed by atoms with Crippen LogP contribution < -0.4 is 19.6 Å². The fourth-order valence-corrected chi connectivity index (χ4v) is 3.30. The van der Waals surface area contributed by atoms with Gasteiger partial charge in [-0.25, -0.2) is 0 Å². The van der Waals surface area contributed by atoms with Crippen molar-refractivity contribution in [3.63, 3.8) is 0 Å². The van der Waals surface area contributed by atoms with Gasteiger partial charge in [0.05, 0.1) is 19.1 Å². The standard InChI is InChI=1S/C22H22O10/c1-28-11-2-4-12(5-3-11)30-17-10-29-15-8-13(6-7-14(15)18(17)24)31-22-21(27)20(26)19(25)16(9-23)32-22/h2-8,10,16,19-23,25-27H,9H2,1H3/t16-,19-,20-,21+,22-/m1/s1. The number of hydrogen-bond acceptors (Lipinski definition) is 10. The van der Waals surface area contributed by atoms with E-state index >= 15 is 0 Å². The average Bonchev–Trinajstić information content (AvgIpc) is 2.81. The van der Waals surface area contributed by atoms with E-state index in [-0.39, 0.29) is 22.5 Å². The summed E-state index contributed by atoms with van der Waals surface area (Å²) in [5.74, 6) is 1.24. The molecule has 10 heteroatoms. The SMILES string of the molecule is COc1ccc(Oc2coc3cc(O[C@@H]4O[C@H](CO)[C@@H](O)[C@@H](O)[C@@H]4O)ccc3c2=O)cc1. The quantitative estimate of drug-likeness (QED) is 0.428. The number of benzene rings is 2. The highest BCUT2D eigenvalue weighted by molar-refractivity contribution is 5.79. The predicted octanol–water partition coefficient (Wildman–Crippen LogP) is 0.773. The van der Waals surface area contributed by atoms with Crippen molar-refractivity contribution in [2.75, 3.05) is 13.7 Å². The molecule has 32 heavy (non-hydrogen) atoms. The van der Waals surface area contributed by atoms with E-state index in [0.29, 0.717) is 11.5 Å². The van der Waals surface area contributed by atoms with Crippen LogP contribution in [0, 0.1) is 0 Å². The van der Waals surface area contributed by atoms with Crippen molar-refractivity contribution in [2.45, 2.75) is 30.7 Å². The fraction of sp³-hybridized carbons (Fsp3) is 0.318. The zero-order valence-electron chi connectivity index (χ0n) is 17.0. The predicted molar refractivity (Wildman–Crippen MR) is 110 cm³/mol.